The van der Waals surface area contributed by atoms with Crippen LogP contribution in [-0.4, -0.2) is 17.6 Å². The number of hydrogen-bond donors (Lipinski definition) is 1. The van der Waals surface area contributed by atoms with Gasteiger partial charge < -0.3 is 10.0 Å². The van der Waals surface area contributed by atoms with Crippen molar-refractivity contribution in [1.82, 2.24) is 0 Å². The maximum atomic E-state index is 10.9. The summed E-state index contributed by atoms with van der Waals surface area (Å²) in [4.78, 5) is 13.1. The van der Waals surface area contributed by atoms with E-state index in [0.717, 1.165) is 18.7 Å². The maximum Gasteiger partial charge on any atom is 0.305 e. The number of aryl methyl sites for hydroxylation is 2. The molecule has 0 aliphatic carbocycles. The molecule has 0 unspecified atom stereocenters. The van der Waals surface area contributed by atoms with Gasteiger partial charge in [0, 0.05) is 18.8 Å². The van der Waals surface area contributed by atoms with E-state index in [2.05, 4.69) is 55.1 Å². The molecule has 0 spiro atoms. The normalized spacial score (nSPS) is 10.5. The molecule has 0 saturated carbocycles. The minimum atomic E-state index is -0.764. The highest BCUT2D eigenvalue weighted by molar-refractivity contribution is 5.67. The van der Waals surface area contributed by atoms with Crippen LogP contribution in [0.15, 0.2) is 48.5 Å². The fraction of sp³-hybridized carbons (Fsp3) is 0.316. The molecular formula is C19H23NO2. The summed E-state index contributed by atoms with van der Waals surface area (Å²) < 4.78 is 0. The summed E-state index contributed by atoms with van der Waals surface area (Å²) in [6, 6.07) is 16.6. The SMILES string of the molecule is CCc1ccc(N(CCC(=O)O)Cc2ccccc2C)cc1. The lowest BCUT2D eigenvalue weighted by atomic mass is 10.1. The van der Waals surface area contributed by atoms with Gasteiger partial charge in [-0.15, -0.1) is 0 Å². The number of benzene rings is 2. The average Bonchev–Trinajstić information content (AvgIpc) is 2.53. The van der Waals surface area contributed by atoms with Crippen molar-refractivity contribution in [2.75, 3.05) is 11.4 Å². The van der Waals surface area contributed by atoms with E-state index >= 15 is 0 Å². The second-order valence-corrected chi connectivity index (χ2v) is 5.51. The molecule has 0 saturated heterocycles. The van der Waals surface area contributed by atoms with E-state index in [4.69, 9.17) is 5.11 Å². The first-order valence-electron chi connectivity index (χ1n) is 7.70. The Morgan fingerprint density at radius 1 is 1.09 bits per heavy atom. The molecular weight excluding hydrogens is 274 g/mol. The van der Waals surface area contributed by atoms with Gasteiger partial charge in [-0.2, -0.15) is 0 Å². The lowest BCUT2D eigenvalue weighted by Gasteiger charge is -2.25. The van der Waals surface area contributed by atoms with Crippen molar-refractivity contribution in [2.45, 2.75) is 33.2 Å². The summed E-state index contributed by atoms with van der Waals surface area (Å²) in [5, 5.41) is 8.99. The van der Waals surface area contributed by atoms with Gasteiger partial charge in [-0.25, -0.2) is 0 Å². The van der Waals surface area contributed by atoms with Crippen molar-refractivity contribution >= 4 is 11.7 Å². The predicted molar refractivity (Wildman–Crippen MR) is 90.3 cm³/mol. The van der Waals surface area contributed by atoms with Gasteiger partial charge in [0.1, 0.15) is 0 Å². The summed E-state index contributed by atoms with van der Waals surface area (Å²) in [7, 11) is 0. The van der Waals surface area contributed by atoms with E-state index in [1.165, 1.54) is 16.7 Å². The number of rotatable bonds is 7. The molecule has 22 heavy (non-hydrogen) atoms. The van der Waals surface area contributed by atoms with Crippen LogP contribution >= 0.6 is 0 Å². The van der Waals surface area contributed by atoms with Gasteiger partial charge in [0.15, 0.2) is 0 Å². The largest absolute Gasteiger partial charge is 0.481 e. The molecule has 0 aromatic heterocycles. The van der Waals surface area contributed by atoms with Crippen LogP contribution in [0.1, 0.15) is 30.0 Å². The zero-order chi connectivity index (χ0) is 15.9. The smallest absolute Gasteiger partial charge is 0.305 e. The van der Waals surface area contributed by atoms with Gasteiger partial charge in [0.05, 0.1) is 6.42 Å². The summed E-state index contributed by atoms with van der Waals surface area (Å²) in [6.07, 6.45) is 1.15. The van der Waals surface area contributed by atoms with Gasteiger partial charge in [-0.1, -0.05) is 43.3 Å². The van der Waals surface area contributed by atoms with Crippen molar-refractivity contribution in [1.29, 1.82) is 0 Å². The molecule has 2 aromatic carbocycles. The lowest BCUT2D eigenvalue weighted by Crippen LogP contribution is -2.26. The Kier molecular flexibility index (Phi) is 5.59. The molecule has 0 atom stereocenters. The summed E-state index contributed by atoms with van der Waals surface area (Å²) >= 11 is 0. The van der Waals surface area contributed by atoms with Gasteiger partial charge in [-0.05, 0) is 42.2 Å². The average molecular weight is 297 g/mol. The molecule has 0 heterocycles. The van der Waals surface area contributed by atoms with Crippen LogP contribution in [0.5, 0.6) is 0 Å². The molecule has 0 aliphatic rings. The lowest BCUT2D eigenvalue weighted by molar-refractivity contribution is -0.136. The third-order valence-electron chi connectivity index (χ3n) is 3.93. The minimum Gasteiger partial charge on any atom is -0.481 e. The Morgan fingerprint density at radius 2 is 1.77 bits per heavy atom. The fourth-order valence-electron chi connectivity index (χ4n) is 2.47. The number of carboxylic acid groups (broad SMARTS) is 1. The highest BCUT2D eigenvalue weighted by Gasteiger charge is 2.11. The molecule has 0 aliphatic heterocycles. The summed E-state index contributed by atoms with van der Waals surface area (Å²) in [5.41, 5.74) is 4.82. The first-order chi connectivity index (χ1) is 10.6. The van der Waals surface area contributed by atoms with E-state index in [9.17, 15) is 4.79 Å². The number of aliphatic carboxylic acids is 1. The van der Waals surface area contributed by atoms with E-state index in [1.54, 1.807) is 0 Å². The Balaban J connectivity index is 2.21. The molecule has 3 heteroatoms. The quantitative estimate of drug-likeness (QED) is 0.838. The minimum absolute atomic E-state index is 0.140. The van der Waals surface area contributed by atoms with Crippen molar-refractivity contribution in [3.05, 3.63) is 65.2 Å². The van der Waals surface area contributed by atoms with Crippen LogP contribution in [0, 0.1) is 6.92 Å². The summed E-state index contributed by atoms with van der Waals surface area (Å²) in [5.74, 6) is -0.764. The van der Waals surface area contributed by atoms with E-state index in [-0.39, 0.29) is 6.42 Å². The number of carboxylic acids is 1. The van der Waals surface area contributed by atoms with Crippen LogP contribution < -0.4 is 4.90 Å². The van der Waals surface area contributed by atoms with E-state index < -0.39 is 5.97 Å². The second-order valence-electron chi connectivity index (χ2n) is 5.51. The number of hydrogen-bond acceptors (Lipinski definition) is 2. The second kappa shape index (κ2) is 7.64. The molecule has 2 aromatic rings. The van der Waals surface area contributed by atoms with Gasteiger partial charge in [0.2, 0.25) is 0 Å². The standard InChI is InChI=1S/C19H23NO2/c1-3-16-8-10-18(11-9-16)20(13-12-19(21)22)14-17-7-5-4-6-15(17)2/h4-11H,3,12-14H2,1-2H3,(H,21,22). The van der Waals surface area contributed by atoms with Crippen molar-refractivity contribution < 1.29 is 9.90 Å². The van der Waals surface area contributed by atoms with Crippen molar-refractivity contribution in [2.24, 2.45) is 0 Å². The van der Waals surface area contributed by atoms with E-state index in [0.29, 0.717) is 6.54 Å². The molecule has 116 valence electrons. The molecule has 0 bridgehead atoms. The van der Waals surface area contributed by atoms with E-state index in [1.807, 2.05) is 12.1 Å². The molecule has 0 radical (unpaired) electrons. The van der Waals surface area contributed by atoms with Crippen molar-refractivity contribution in [3.8, 4) is 0 Å². The van der Waals surface area contributed by atoms with Crippen molar-refractivity contribution in [3.63, 3.8) is 0 Å². The molecule has 1 N–H and O–H groups in total. The topological polar surface area (TPSA) is 40.5 Å². The predicted octanol–water partition coefficient (Wildman–Crippen LogP) is 4.04. The maximum absolute atomic E-state index is 10.9. The molecule has 2 rings (SSSR count). The van der Waals surface area contributed by atoms with Crippen LogP contribution in [-0.2, 0) is 17.8 Å². The number of carbonyl (C=O) groups is 1. The highest BCUT2D eigenvalue weighted by atomic mass is 16.4. The number of nitrogens with zero attached hydrogens (tertiary/aromatic N) is 1. The third kappa shape index (κ3) is 4.35. The highest BCUT2D eigenvalue weighted by Crippen LogP contribution is 2.20. The molecule has 3 nitrogen and oxygen atoms in total. The van der Waals surface area contributed by atoms with Crippen LogP contribution in [0.4, 0.5) is 5.69 Å². The van der Waals surface area contributed by atoms with Gasteiger partial charge >= 0.3 is 5.97 Å². The number of anilines is 1. The van der Waals surface area contributed by atoms with Gasteiger partial charge in [-0.3, -0.25) is 4.79 Å². The van der Waals surface area contributed by atoms with Gasteiger partial charge in [0.25, 0.3) is 0 Å². The Morgan fingerprint density at radius 3 is 2.36 bits per heavy atom. The third-order valence-corrected chi connectivity index (χ3v) is 3.93. The Hall–Kier alpha value is -2.29. The zero-order valence-electron chi connectivity index (χ0n) is 13.2. The molecule has 0 fully saturated rings. The zero-order valence-corrected chi connectivity index (χ0v) is 13.2. The van der Waals surface area contributed by atoms with Crippen LogP contribution in [0.2, 0.25) is 0 Å². The monoisotopic (exact) mass is 297 g/mol. The van der Waals surface area contributed by atoms with Crippen LogP contribution in [0.25, 0.3) is 0 Å². The fourth-order valence-corrected chi connectivity index (χ4v) is 2.47. The Bertz CT molecular complexity index is 620. The molecule has 0 amide bonds. The summed E-state index contributed by atoms with van der Waals surface area (Å²) in [6.45, 7) is 5.45. The van der Waals surface area contributed by atoms with Crippen LogP contribution in [0.3, 0.4) is 0 Å². The first-order valence-corrected chi connectivity index (χ1v) is 7.70. The first kappa shape index (κ1) is 16.1. The Labute approximate surface area is 132 Å².